The zero-order chi connectivity index (χ0) is 36.9. The molecule has 0 heterocycles. The minimum absolute atomic E-state index is 0.150. The molecule has 0 radical (unpaired) electrons. The minimum atomic E-state index is -5.03. The van der Waals surface area contributed by atoms with Crippen molar-refractivity contribution in [2.75, 3.05) is 0 Å². The van der Waals surface area contributed by atoms with Crippen LogP contribution in [0, 0.1) is 27.7 Å². The molecule has 266 valence electrons. The highest BCUT2D eigenvalue weighted by atomic mass is 32.3. The van der Waals surface area contributed by atoms with Crippen molar-refractivity contribution in [1.29, 1.82) is 0 Å². The molecule has 0 aliphatic heterocycles. The van der Waals surface area contributed by atoms with Gasteiger partial charge in [-0.05, 0) is 93.8 Å². The van der Waals surface area contributed by atoms with E-state index >= 15 is 0 Å². The Kier molecular flexibility index (Phi) is 9.63. The van der Waals surface area contributed by atoms with Crippen molar-refractivity contribution >= 4 is 40.1 Å². The fourth-order valence-corrected chi connectivity index (χ4v) is 14.2. The Morgan fingerprint density at radius 3 is 1.04 bits per heavy atom. The van der Waals surface area contributed by atoms with Crippen molar-refractivity contribution in [3.05, 3.63) is 155 Å². The molecule has 5 aromatic carbocycles. The van der Waals surface area contributed by atoms with E-state index in [1.54, 1.807) is 45.9 Å². The van der Waals surface area contributed by atoms with E-state index in [1.165, 1.54) is 103 Å². The zero-order valence-corrected chi connectivity index (χ0v) is 31.5. The summed E-state index contributed by atoms with van der Waals surface area (Å²) in [6.07, 6.45) is -0.319. The summed E-state index contributed by atoms with van der Waals surface area (Å²) >= 11 is 0. The van der Waals surface area contributed by atoms with Gasteiger partial charge in [-0.15, -0.1) is 0 Å². The van der Waals surface area contributed by atoms with E-state index in [0.717, 1.165) is 0 Å². The summed E-state index contributed by atoms with van der Waals surface area (Å²) in [4.78, 5) is -1.48. The van der Waals surface area contributed by atoms with E-state index in [4.69, 9.17) is 0 Å². The Morgan fingerprint density at radius 2 is 0.706 bits per heavy atom. The van der Waals surface area contributed by atoms with Crippen molar-refractivity contribution in [2.24, 2.45) is 0 Å². The number of sulfonamides is 4. The van der Waals surface area contributed by atoms with Crippen LogP contribution in [0.15, 0.2) is 141 Å². The van der Waals surface area contributed by atoms with Crippen molar-refractivity contribution in [3.8, 4) is 0 Å². The van der Waals surface area contributed by atoms with Crippen LogP contribution >= 0.6 is 0 Å². The molecule has 0 fully saturated rings. The standard InChI is InChI=1S/C37H36N2O8S4/c1-26-9-17-31(18-10-26)48(40,41)38(49(42,43)32-19-11-27(2)12-20-32)36-25-30-7-5-6-8-35(30)37(36)39(50(44,45)33-21-13-28(3)14-22-33)51(46,47)34-23-15-29(4)16-24-34/h5-24,36-37H,25H2,1-4H3/t36-,37-/m0/s1. The Balaban J connectivity index is 1.69. The predicted octanol–water partition coefficient (Wildman–Crippen LogP) is 6.05. The largest absolute Gasteiger partial charge is 0.257 e. The third-order valence-corrected chi connectivity index (χ3v) is 17.6. The number of aryl methyl sites for hydroxylation is 4. The van der Waals surface area contributed by atoms with Gasteiger partial charge in [0.1, 0.15) is 0 Å². The smallest absolute Gasteiger partial charge is 0.206 e. The van der Waals surface area contributed by atoms with E-state index in [1.807, 2.05) is 0 Å². The summed E-state index contributed by atoms with van der Waals surface area (Å²) in [5, 5.41) is 0. The van der Waals surface area contributed by atoms with Crippen LogP contribution in [0.1, 0.15) is 39.4 Å². The minimum Gasteiger partial charge on any atom is -0.206 e. The van der Waals surface area contributed by atoms with Gasteiger partial charge in [0, 0.05) is 0 Å². The summed E-state index contributed by atoms with van der Waals surface area (Å²) in [6, 6.07) is 24.9. The van der Waals surface area contributed by atoms with Crippen LogP contribution in [0.3, 0.4) is 0 Å². The number of fused-ring (bicyclic) bond motifs is 1. The van der Waals surface area contributed by atoms with Gasteiger partial charge >= 0.3 is 0 Å². The molecule has 0 unspecified atom stereocenters. The summed E-state index contributed by atoms with van der Waals surface area (Å²) in [5.74, 6) is 0. The highest BCUT2D eigenvalue weighted by Gasteiger charge is 2.56. The van der Waals surface area contributed by atoms with Gasteiger partial charge in [-0.3, -0.25) is 0 Å². The number of benzene rings is 5. The maximum Gasteiger partial charge on any atom is 0.257 e. The van der Waals surface area contributed by atoms with E-state index < -0.39 is 52.2 Å². The highest BCUT2D eigenvalue weighted by Crippen LogP contribution is 2.47. The fourth-order valence-electron chi connectivity index (χ4n) is 6.17. The molecule has 1 aliphatic rings. The summed E-state index contributed by atoms with van der Waals surface area (Å²) < 4.78 is 119. The molecule has 10 nitrogen and oxygen atoms in total. The zero-order valence-electron chi connectivity index (χ0n) is 28.2. The number of hydrogen-bond donors (Lipinski definition) is 0. The predicted molar refractivity (Wildman–Crippen MR) is 194 cm³/mol. The first kappa shape index (κ1) is 36.6. The molecular weight excluding hydrogens is 729 g/mol. The van der Waals surface area contributed by atoms with Gasteiger partial charge in [-0.2, -0.15) is 0 Å². The molecule has 6 rings (SSSR count). The lowest BCUT2D eigenvalue weighted by Gasteiger charge is -2.36. The first-order chi connectivity index (χ1) is 24.0. The molecule has 0 spiro atoms. The third-order valence-electron chi connectivity index (χ3n) is 8.89. The lowest BCUT2D eigenvalue weighted by atomic mass is 10.1. The molecule has 51 heavy (non-hydrogen) atoms. The van der Waals surface area contributed by atoms with Gasteiger partial charge in [0.2, 0.25) is 0 Å². The molecule has 0 saturated heterocycles. The molecule has 14 heteroatoms. The monoisotopic (exact) mass is 764 g/mol. The molecule has 0 N–H and O–H groups in total. The number of nitrogens with zero attached hydrogens (tertiary/aromatic N) is 2. The second-order valence-electron chi connectivity index (χ2n) is 12.6. The summed E-state index contributed by atoms with van der Waals surface area (Å²) in [6.45, 7) is 6.96. The van der Waals surface area contributed by atoms with Crippen LogP contribution in [0.2, 0.25) is 0 Å². The Labute approximate surface area is 300 Å². The molecule has 5 aromatic rings. The maximum absolute atomic E-state index is 14.8. The van der Waals surface area contributed by atoms with Gasteiger partial charge in [-0.1, -0.05) is 102 Å². The Morgan fingerprint density at radius 1 is 0.412 bits per heavy atom. The van der Waals surface area contributed by atoms with Gasteiger partial charge in [-0.25, -0.2) is 33.7 Å². The molecule has 0 saturated carbocycles. The second kappa shape index (κ2) is 13.4. The second-order valence-corrected chi connectivity index (χ2v) is 20.4. The average Bonchev–Trinajstić information content (AvgIpc) is 3.42. The molecule has 1 aliphatic carbocycles. The van der Waals surface area contributed by atoms with E-state index in [0.29, 0.717) is 35.2 Å². The van der Waals surface area contributed by atoms with Gasteiger partial charge in [0.15, 0.2) is 0 Å². The lowest BCUT2D eigenvalue weighted by Crippen LogP contribution is -2.52. The average molecular weight is 765 g/mol. The molecular formula is C37H36N2O8S4. The molecule has 0 aromatic heterocycles. The van der Waals surface area contributed by atoms with E-state index in [2.05, 4.69) is 0 Å². The molecule has 0 amide bonds. The number of rotatable bonds is 10. The Hall–Kier alpha value is -4.18. The Bertz CT molecular complexity index is 2390. The third kappa shape index (κ3) is 6.67. The maximum atomic E-state index is 14.8. The van der Waals surface area contributed by atoms with Crippen molar-refractivity contribution < 1.29 is 33.7 Å². The highest BCUT2D eigenvalue weighted by molar-refractivity contribution is 8.04. The summed E-state index contributed by atoms with van der Waals surface area (Å²) in [7, 11) is -20.1. The van der Waals surface area contributed by atoms with Gasteiger partial charge in [0.05, 0.1) is 31.7 Å². The van der Waals surface area contributed by atoms with E-state index in [-0.39, 0.29) is 31.6 Å². The van der Waals surface area contributed by atoms with Crippen molar-refractivity contribution in [1.82, 2.24) is 7.42 Å². The van der Waals surface area contributed by atoms with E-state index in [9.17, 15) is 33.7 Å². The van der Waals surface area contributed by atoms with Crippen LogP contribution < -0.4 is 0 Å². The molecule has 2 atom stereocenters. The van der Waals surface area contributed by atoms with Crippen LogP contribution in [-0.4, -0.2) is 47.1 Å². The van der Waals surface area contributed by atoms with Crippen molar-refractivity contribution in [2.45, 2.75) is 65.8 Å². The van der Waals surface area contributed by atoms with Crippen LogP contribution in [-0.2, 0) is 46.5 Å². The fraction of sp³-hybridized carbons (Fsp3) is 0.189. The van der Waals surface area contributed by atoms with Gasteiger partial charge < -0.3 is 0 Å². The van der Waals surface area contributed by atoms with Crippen molar-refractivity contribution in [3.63, 3.8) is 0 Å². The number of hydrogen-bond acceptors (Lipinski definition) is 8. The topological polar surface area (TPSA) is 143 Å². The van der Waals surface area contributed by atoms with Crippen LogP contribution in [0.5, 0.6) is 0 Å². The SMILES string of the molecule is Cc1ccc(S(=O)(=O)N([C@H]2Cc3ccccc3[C@@H]2N(S(=O)(=O)c2ccc(C)cc2)S(=O)(=O)c2ccc(C)cc2)S(=O)(=O)c2ccc(C)cc2)cc1. The normalized spacial score (nSPS) is 16.7. The molecule has 0 bridgehead atoms. The summed E-state index contributed by atoms with van der Waals surface area (Å²) in [5.41, 5.74) is 3.40. The first-order valence-corrected chi connectivity index (χ1v) is 21.7. The van der Waals surface area contributed by atoms with Gasteiger partial charge in [0.25, 0.3) is 40.1 Å². The van der Waals surface area contributed by atoms with Crippen LogP contribution in [0.25, 0.3) is 0 Å². The first-order valence-electron chi connectivity index (χ1n) is 15.9. The van der Waals surface area contributed by atoms with Crippen LogP contribution in [0.4, 0.5) is 0 Å². The quantitative estimate of drug-likeness (QED) is 0.168. The lowest BCUT2D eigenvalue weighted by molar-refractivity contribution is 0.314.